The summed E-state index contributed by atoms with van der Waals surface area (Å²) in [6, 6.07) is 7.78. The van der Waals surface area contributed by atoms with Crippen molar-refractivity contribution < 1.29 is 19.2 Å². The summed E-state index contributed by atoms with van der Waals surface area (Å²) < 4.78 is 5.11. The second-order valence-corrected chi connectivity index (χ2v) is 5.29. The van der Waals surface area contributed by atoms with Crippen molar-refractivity contribution in [2.75, 3.05) is 33.8 Å². The molecule has 0 aliphatic carbocycles. The monoisotopic (exact) mass is 308 g/mol. The Bertz CT molecular complexity index is 474. The number of ether oxygens (including phenoxy) is 1. The molecule has 0 heterocycles. The average Bonchev–Trinajstić information content (AvgIpc) is 2.51. The summed E-state index contributed by atoms with van der Waals surface area (Å²) in [5.41, 5.74) is 1.13. The van der Waals surface area contributed by atoms with Gasteiger partial charge in [0.25, 0.3) is 5.91 Å². The van der Waals surface area contributed by atoms with Crippen molar-refractivity contribution in [2.45, 2.75) is 19.9 Å². The van der Waals surface area contributed by atoms with E-state index in [1.807, 2.05) is 38.2 Å². The van der Waals surface area contributed by atoms with Crippen LogP contribution < -0.4 is 20.3 Å². The lowest BCUT2D eigenvalue weighted by molar-refractivity contribution is -0.885. The second kappa shape index (κ2) is 9.78. The fourth-order valence-electron chi connectivity index (χ4n) is 2.00. The van der Waals surface area contributed by atoms with Gasteiger partial charge in [0.05, 0.1) is 20.7 Å². The predicted molar refractivity (Wildman–Crippen MR) is 84.8 cm³/mol. The highest BCUT2D eigenvalue weighted by Gasteiger charge is 2.11. The largest absolute Gasteiger partial charge is 0.497 e. The van der Waals surface area contributed by atoms with Crippen LogP contribution in [-0.4, -0.2) is 45.6 Å². The third kappa shape index (κ3) is 7.08. The van der Waals surface area contributed by atoms with E-state index in [2.05, 4.69) is 10.6 Å². The van der Waals surface area contributed by atoms with Gasteiger partial charge in [-0.15, -0.1) is 0 Å². The molecular weight excluding hydrogens is 282 g/mol. The predicted octanol–water partition coefficient (Wildman–Crippen LogP) is -0.648. The molecule has 0 aliphatic heterocycles. The summed E-state index contributed by atoms with van der Waals surface area (Å²) in [7, 11) is 3.58. The van der Waals surface area contributed by atoms with Crippen LogP contribution in [0.1, 0.15) is 18.9 Å². The lowest BCUT2D eigenvalue weighted by atomic mass is 10.2. The molecule has 3 N–H and O–H groups in total. The number of carbonyl (C=O) groups excluding carboxylic acids is 2. The van der Waals surface area contributed by atoms with E-state index < -0.39 is 0 Å². The first-order valence-electron chi connectivity index (χ1n) is 7.52. The molecule has 0 radical (unpaired) electrons. The van der Waals surface area contributed by atoms with E-state index >= 15 is 0 Å². The normalized spacial score (nSPS) is 11.6. The molecule has 0 aromatic heterocycles. The number of amides is 2. The molecule has 1 unspecified atom stereocenters. The minimum atomic E-state index is -0.150. The Balaban J connectivity index is 2.29. The number of hydrogen-bond acceptors (Lipinski definition) is 3. The zero-order valence-electron chi connectivity index (χ0n) is 13.6. The van der Waals surface area contributed by atoms with Crippen LogP contribution in [0.25, 0.3) is 0 Å². The number of rotatable bonds is 9. The molecule has 1 aromatic carbocycles. The van der Waals surface area contributed by atoms with Gasteiger partial charge in [-0.1, -0.05) is 6.92 Å². The molecule has 0 saturated carbocycles. The molecule has 0 fully saturated rings. The number of carbonyl (C=O) groups is 2. The van der Waals surface area contributed by atoms with Gasteiger partial charge in [-0.2, -0.15) is 0 Å². The van der Waals surface area contributed by atoms with Crippen LogP contribution in [-0.2, 0) is 16.1 Å². The van der Waals surface area contributed by atoms with E-state index in [-0.39, 0.29) is 18.4 Å². The number of methoxy groups -OCH3 is 1. The van der Waals surface area contributed by atoms with Crippen LogP contribution >= 0.6 is 0 Å². The van der Waals surface area contributed by atoms with Crippen molar-refractivity contribution in [3.63, 3.8) is 0 Å². The van der Waals surface area contributed by atoms with Gasteiger partial charge in [-0.25, -0.2) is 0 Å². The van der Waals surface area contributed by atoms with Crippen LogP contribution in [0.15, 0.2) is 24.3 Å². The Morgan fingerprint density at radius 1 is 1.14 bits per heavy atom. The van der Waals surface area contributed by atoms with Crippen molar-refractivity contribution in [1.82, 2.24) is 10.6 Å². The molecule has 0 spiro atoms. The molecule has 6 nitrogen and oxygen atoms in total. The summed E-state index contributed by atoms with van der Waals surface area (Å²) >= 11 is 0. The molecule has 6 heteroatoms. The second-order valence-electron chi connectivity index (χ2n) is 5.29. The van der Waals surface area contributed by atoms with Crippen LogP contribution in [0.2, 0.25) is 0 Å². The summed E-state index contributed by atoms with van der Waals surface area (Å²) in [6.45, 7) is 3.72. The SMILES string of the molecule is CCCNC(=O)CNC(=O)C[NH+](C)Cc1ccc(OC)cc1. The van der Waals surface area contributed by atoms with E-state index in [4.69, 9.17) is 4.74 Å². The first-order valence-corrected chi connectivity index (χ1v) is 7.52. The Morgan fingerprint density at radius 3 is 2.41 bits per heavy atom. The van der Waals surface area contributed by atoms with E-state index in [1.54, 1.807) is 7.11 Å². The molecule has 0 aliphatic rings. The Labute approximate surface area is 131 Å². The van der Waals surface area contributed by atoms with E-state index in [9.17, 15) is 9.59 Å². The highest BCUT2D eigenvalue weighted by Crippen LogP contribution is 2.10. The quantitative estimate of drug-likeness (QED) is 0.568. The zero-order chi connectivity index (χ0) is 16.4. The number of nitrogens with one attached hydrogen (secondary N) is 3. The minimum Gasteiger partial charge on any atom is -0.497 e. The number of likely N-dealkylation sites (N-methyl/N-ethyl adjacent to an activating group) is 1. The zero-order valence-corrected chi connectivity index (χ0v) is 13.6. The summed E-state index contributed by atoms with van der Waals surface area (Å²) in [5.74, 6) is 0.540. The van der Waals surface area contributed by atoms with Gasteiger partial charge in [-0.3, -0.25) is 9.59 Å². The Kier molecular flexibility index (Phi) is 7.99. The van der Waals surface area contributed by atoms with Crippen molar-refractivity contribution in [1.29, 1.82) is 0 Å². The lowest BCUT2D eigenvalue weighted by Gasteiger charge is -2.14. The van der Waals surface area contributed by atoms with Gasteiger partial charge in [0, 0.05) is 12.1 Å². The van der Waals surface area contributed by atoms with E-state index in [0.717, 1.165) is 29.2 Å². The molecule has 1 aromatic rings. The van der Waals surface area contributed by atoms with E-state index in [0.29, 0.717) is 13.1 Å². The fourth-order valence-corrected chi connectivity index (χ4v) is 2.00. The van der Waals surface area contributed by atoms with Crippen LogP contribution in [0.5, 0.6) is 5.75 Å². The standard InChI is InChI=1S/C16H25N3O3/c1-4-9-17-15(20)10-18-16(21)12-19(2)11-13-5-7-14(22-3)8-6-13/h5-8H,4,9-12H2,1-3H3,(H,17,20)(H,18,21)/p+1. The Morgan fingerprint density at radius 2 is 1.82 bits per heavy atom. The molecule has 1 atom stereocenters. The first kappa shape index (κ1) is 18.0. The van der Waals surface area contributed by atoms with Crippen molar-refractivity contribution in [3.8, 4) is 5.75 Å². The van der Waals surface area contributed by atoms with Crippen LogP contribution in [0.3, 0.4) is 0 Å². The molecule has 2 amide bonds. The third-order valence-corrected chi connectivity index (χ3v) is 3.15. The van der Waals surface area contributed by atoms with Gasteiger partial charge in [0.15, 0.2) is 6.54 Å². The molecular formula is C16H26N3O3+. The molecule has 1 rings (SSSR count). The Hall–Kier alpha value is -2.08. The summed E-state index contributed by atoms with van der Waals surface area (Å²) in [4.78, 5) is 24.2. The van der Waals surface area contributed by atoms with Gasteiger partial charge < -0.3 is 20.3 Å². The number of benzene rings is 1. The van der Waals surface area contributed by atoms with Gasteiger partial charge in [-0.05, 0) is 30.7 Å². The first-order chi connectivity index (χ1) is 10.5. The maximum Gasteiger partial charge on any atom is 0.275 e. The average molecular weight is 308 g/mol. The smallest absolute Gasteiger partial charge is 0.275 e. The van der Waals surface area contributed by atoms with Crippen LogP contribution in [0.4, 0.5) is 0 Å². The molecule has 0 saturated heterocycles. The third-order valence-electron chi connectivity index (χ3n) is 3.15. The van der Waals surface area contributed by atoms with Gasteiger partial charge >= 0.3 is 0 Å². The van der Waals surface area contributed by atoms with Gasteiger partial charge in [0.2, 0.25) is 5.91 Å². The van der Waals surface area contributed by atoms with Crippen molar-refractivity contribution >= 4 is 11.8 Å². The van der Waals surface area contributed by atoms with E-state index in [1.165, 1.54) is 0 Å². The summed E-state index contributed by atoms with van der Waals surface area (Å²) in [6.07, 6.45) is 0.883. The highest BCUT2D eigenvalue weighted by molar-refractivity contribution is 5.84. The van der Waals surface area contributed by atoms with Crippen LogP contribution in [0, 0.1) is 0 Å². The van der Waals surface area contributed by atoms with Crippen molar-refractivity contribution in [3.05, 3.63) is 29.8 Å². The maximum absolute atomic E-state index is 11.8. The molecule has 0 bridgehead atoms. The number of hydrogen-bond donors (Lipinski definition) is 3. The maximum atomic E-state index is 11.8. The minimum absolute atomic E-state index is 0.0364. The molecule has 122 valence electrons. The highest BCUT2D eigenvalue weighted by atomic mass is 16.5. The number of quaternary nitrogens is 1. The fraction of sp³-hybridized carbons (Fsp3) is 0.500. The van der Waals surface area contributed by atoms with Gasteiger partial charge in [0.1, 0.15) is 12.3 Å². The lowest BCUT2D eigenvalue weighted by Crippen LogP contribution is -3.08. The van der Waals surface area contributed by atoms with Crippen molar-refractivity contribution in [2.24, 2.45) is 0 Å². The topological polar surface area (TPSA) is 71.9 Å². The molecule has 22 heavy (non-hydrogen) atoms. The summed E-state index contributed by atoms with van der Waals surface area (Å²) in [5, 5.41) is 5.35.